The maximum atomic E-state index is 3.74. The number of hydrogen-bond donors (Lipinski definition) is 1. The molecule has 2 aliphatic carbocycles. The SMILES string of the molecule is CC1(C)c2ccccc2-c2c(-c3ccc(Nc4cccc(-c5cccc6c5C(c5ccccc5)(c5ccccc5)c5ccccc5-6)c4)cc3)cccc21. The lowest BCUT2D eigenvalue weighted by Crippen LogP contribution is -2.29. The molecule has 0 fully saturated rings. The van der Waals surface area contributed by atoms with Crippen LogP contribution < -0.4 is 5.32 Å². The molecular weight excluding hydrogens is 639 g/mol. The molecule has 0 heterocycles. The Bertz CT molecular complexity index is 2610. The van der Waals surface area contributed by atoms with Crippen LogP contribution in [0.2, 0.25) is 0 Å². The Morgan fingerprint density at radius 1 is 0.358 bits per heavy atom. The minimum absolute atomic E-state index is 0.0159. The Morgan fingerprint density at radius 3 is 1.64 bits per heavy atom. The molecule has 1 nitrogen and oxygen atoms in total. The second-order valence-electron chi connectivity index (χ2n) is 14.9. The summed E-state index contributed by atoms with van der Waals surface area (Å²) in [4.78, 5) is 0. The van der Waals surface area contributed by atoms with Crippen LogP contribution in [0, 0.1) is 0 Å². The third-order valence-corrected chi connectivity index (χ3v) is 11.7. The summed E-state index contributed by atoms with van der Waals surface area (Å²) in [6.07, 6.45) is 0. The zero-order chi connectivity index (χ0) is 35.6. The summed E-state index contributed by atoms with van der Waals surface area (Å²) in [6, 6.07) is 71.4. The molecule has 0 aromatic heterocycles. The van der Waals surface area contributed by atoms with Gasteiger partial charge in [-0.3, -0.25) is 0 Å². The lowest BCUT2D eigenvalue weighted by molar-refractivity contribution is 0.660. The van der Waals surface area contributed by atoms with E-state index in [2.05, 4.69) is 213 Å². The smallest absolute Gasteiger partial charge is 0.0719 e. The topological polar surface area (TPSA) is 12.0 Å². The summed E-state index contributed by atoms with van der Waals surface area (Å²) in [5.74, 6) is 0. The van der Waals surface area contributed by atoms with Gasteiger partial charge in [-0.25, -0.2) is 0 Å². The molecule has 53 heavy (non-hydrogen) atoms. The molecule has 8 aromatic carbocycles. The Labute approximate surface area is 312 Å². The molecule has 0 unspecified atom stereocenters. The summed E-state index contributed by atoms with van der Waals surface area (Å²) >= 11 is 0. The van der Waals surface area contributed by atoms with E-state index in [1.807, 2.05) is 0 Å². The maximum Gasteiger partial charge on any atom is 0.0719 e. The average molecular weight is 678 g/mol. The van der Waals surface area contributed by atoms with Gasteiger partial charge in [0.25, 0.3) is 0 Å². The highest BCUT2D eigenvalue weighted by Gasteiger charge is 2.47. The van der Waals surface area contributed by atoms with E-state index in [4.69, 9.17) is 0 Å². The van der Waals surface area contributed by atoms with Gasteiger partial charge in [0.1, 0.15) is 0 Å². The monoisotopic (exact) mass is 677 g/mol. The van der Waals surface area contributed by atoms with Gasteiger partial charge < -0.3 is 5.32 Å². The quantitative estimate of drug-likeness (QED) is 0.185. The number of anilines is 2. The number of rotatable bonds is 6. The van der Waals surface area contributed by atoms with Crippen LogP contribution in [0.5, 0.6) is 0 Å². The number of hydrogen-bond acceptors (Lipinski definition) is 1. The molecule has 0 atom stereocenters. The van der Waals surface area contributed by atoms with Crippen LogP contribution >= 0.6 is 0 Å². The lowest BCUT2D eigenvalue weighted by atomic mass is 9.66. The van der Waals surface area contributed by atoms with Crippen molar-refractivity contribution in [2.75, 3.05) is 5.32 Å². The summed E-state index contributed by atoms with van der Waals surface area (Å²) in [5, 5.41) is 3.74. The Morgan fingerprint density at radius 2 is 0.906 bits per heavy atom. The molecular formula is C52H39N. The molecule has 0 saturated heterocycles. The zero-order valence-corrected chi connectivity index (χ0v) is 30.0. The molecule has 1 heteroatoms. The van der Waals surface area contributed by atoms with Crippen molar-refractivity contribution in [2.24, 2.45) is 0 Å². The normalized spacial score (nSPS) is 14.2. The highest BCUT2D eigenvalue weighted by Crippen LogP contribution is 2.59. The average Bonchev–Trinajstić information content (AvgIpc) is 3.65. The van der Waals surface area contributed by atoms with Crippen molar-refractivity contribution in [2.45, 2.75) is 24.7 Å². The first kappa shape index (κ1) is 31.3. The lowest BCUT2D eigenvalue weighted by Gasteiger charge is -2.35. The Balaban J connectivity index is 1.05. The van der Waals surface area contributed by atoms with Crippen molar-refractivity contribution in [3.8, 4) is 44.5 Å². The predicted octanol–water partition coefficient (Wildman–Crippen LogP) is 13.4. The van der Waals surface area contributed by atoms with E-state index < -0.39 is 5.41 Å². The van der Waals surface area contributed by atoms with Crippen LogP contribution in [0.15, 0.2) is 194 Å². The van der Waals surface area contributed by atoms with E-state index in [1.54, 1.807) is 0 Å². The first-order valence-corrected chi connectivity index (χ1v) is 18.6. The van der Waals surface area contributed by atoms with E-state index >= 15 is 0 Å². The summed E-state index contributed by atoms with van der Waals surface area (Å²) < 4.78 is 0. The molecule has 8 aromatic rings. The van der Waals surface area contributed by atoms with Crippen molar-refractivity contribution >= 4 is 11.4 Å². The highest BCUT2D eigenvalue weighted by atomic mass is 14.9. The van der Waals surface area contributed by atoms with E-state index in [9.17, 15) is 0 Å². The van der Waals surface area contributed by atoms with E-state index in [0.717, 1.165) is 11.4 Å². The summed E-state index contributed by atoms with van der Waals surface area (Å²) in [6.45, 7) is 4.68. The zero-order valence-electron chi connectivity index (χ0n) is 30.0. The third kappa shape index (κ3) is 4.70. The van der Waals surface area contributed by atoms with Crippen LogP contribution in [-0.4, -0.2) is 0 Å². The van der Waals surface area contributed by atoms with Gasteiger partial charge in [0.2, 0.25) is 0 Å². The van der Waals surface area contributed by atoms with Crippen LogP contribution in [0.4, 0.5) is 11.4 Å². The maximum absolute atomic E-state index is 3.74. The van der Waals surface area contributed by atoms with Crippen LogP contribution in [0.1, 0.15) is 47.2 Å². The Hall–Kier alpha value is -6.44. The van der Waals surface area contributed by atoms with E-state index in [-0.39, 0.29) is 5.41 Å². The first-order valence-electron chi connectivity index (χ1n) is 18.6. The van der Waals surface area contributed by atoms with E-state index in [0.29, 0.717) is 0 Å². The van der Waals surface area contributed by atoms with Gasteiger partial charge in [-0.15, -0.1) is 0 Å². The van der Waals surface area contributed by atoms with Crippen molar-refractivity contribution in [1.82, 2.24) is 0 Å². The fourth-order valence-corrected chi connectivity index (χ4v) is 9.40. The van der Waals surface area contributed by atoms with E-state index in [1.165, 1.54) is 77.9 Å². The number of nitrogens with one attached hydrogen (secondary N) is 1. The minimum atomic E-state index is -0.461. The molecule has 252 valence electrons. The number of fused-ring (bicyclic) bond motifs is 6. The fraction of sp³-hybridized carbons (Fsp3) is 0.0769. The van der Waals surface area contributed by atoms with Crippen LogP contribution in [-0.2, 0) is 10.8 Å². The van der Waals surface area contributed by atoms with Gasteiger partial charge in [0.05, 0.1) is 5.41 Å². The van der Waals surface area contributed by atoms with Crippen molar-refractivity contribution in [1.29, 1.82) is 0 Å². The molecule has 0 amide bonds. The summed E-state index contributed by atoms with van der Waals surface area (Å²) in [5.41, 5.74) is 19.9. The second kappa shape index (κ2) is 12.1. The number of benzene rings is 8. The van der Waals surface area contributed by atoms with Gasteiger partial charge in [-0.2, -0.15) is 0 Å². The Kier molecular flexibility index (Phi) is 7.13. The molecule has 0 spiro atoms. The van der Waals surface area contributed by atoms with Gasteiger partial charge in [-0.05, 0) is 102 Å². The van der Waals surface area contributed by atoms with Gasteiger partial charge in [-0.1, -0.05) is 184 Å². The molecule has 1 N–H and O–H groups in total. The van der Waals surface area contributed by atoms with Crippen molar-refractivity contribution in [3.63, 3.8) is 0 Å². The predicted molar refractivity (Wildman–Crippen MR) is 222 cm³/mol. The second-order valence-corrected chi connectivity index (χ2v) is 14.9. The fourth-order valence-electron chi connectivity index (χ4n) is 9.40. The molecule has 0 radical (unpaired) electrons. The van der Waals surface area contributed by atoms with Crippen molar-refractivity contribution in [3.05, 3.63) is 228 Å². The molecule has 0 saturated carbocycles. The largest absolute Gasteiger partial charge is 0.356 e. The molecule has 0 bridgehead atoms. The minimum Gasteiger partial charge on any atom is -0.356 e. The van der Waals surface area contributed by atoms with Crippen LogP contribution in [0.3, 0.4) is 0 Å². The molecule has 0 aliphatic heterocycles. The van der Waals surface area contributed by atoms with Gasteiger partial charge in [0, 0.05) is 16.8 Å². The van der Waals surface area contributed by atoms with Gasteiger partial charge >= 0.3 is 0 Å². The van der Waals surface area contributed by atoms with Crippen molar-refractivity contribution < 1.29 is 0 Å². The standard InChI is InChI=1S/C52H39N/c1-51(2)46-27-11-10-23-45(46)49-41(24-15-29-48(49)51)35-30-32-39(33-31-35)53-40-21-13-16-36(34-40)42-25-14-26-44-43-22-9-12-28-47(43)52(50(42)44,37-17-5-3-6-18-37)38-19-7-4-8-20-38/h3-34,53H,1-2H3. The third-order valence-electron chi connectivity index (χ3n) is 11.7. The molecule has 10 rings (SSSR count). The summed E-state index contributed by atoms with van der Waals surface area (Å²) in [7, 11) is 0. The molecule has 2 aliphatic rings. The first-order chi connectivity index (χ1) is 26.0. The highest BCUT2D eigenvalue weighted by molar-refractivity contribution is 5.94. The van der Waals surface area contributed by atoms with Gasteiger partial charge in [0.15, 0.2) is 0 Å². The van der Waals surface area contributed by atoms with Crippen LogP contribution in [0.25, 0.3) is 44.5 Å².